The summed E-state index contributed by atoms with van der Waals surface area (Å²) < 4.78 is 13.0. The van der Waals surface area contributed by atoms with Crippen LogP contribution in [0.15, 0.2) is 18.2 Å². The number of hydrogen-bond donors (Lipinski definition) is 1. The lowest BCUT2D eigenvalue weighted by atomic mass is 10.1. The molecular formula is C12H15Cl2FN2O. The highest BCUT2D eigenvalue weighted by atomic mass is 35.5. The lowest BCUT2D eigenvalue weighted by molar-refractivity contribution is 0.0655. The molecule has 6 heteroatoms. The van der Waals surface area contributed by atoms with Crippen LogP contribution in [0.1, 0.15) is 17.3 Å². The molecule has 0 radical (unpaired) electrons. The zero-order valence-corrected chi connectivity index (χ0v) is 11.5. The fourth-order valence-electron chi connectivity index (χ4n) is 1.94. The van der Waals surface area contributed by atoms with Gasteiger partial charge in [-0.05, 0) is 25.1 Å². The number of benzene rings is 1. The molecule has 18 heavy (non-hydrogen) atoms. The van der Waals surface area contributed by atoms with Crippen LogP contribution in [-0.4, -0.2) is 36.5 Å². The van der Waals surface area contributed by atoms with Crippen LogP contribution >= 0.6 is 24.0 Å². The number of hydrogen-bond acceptors (Lipinski definition) is 2. The normalized spacial score (nSPS) is 19.3. The Morgan fingerprint density at radius 2 is 2.28 bits per heavy atom. The second-order valence-corrected chi connectivity index (χ2v) is 4.59. The van der Waals surface area contributed by atoms with E-state index in [1.165, 1.54) is 18.2 Å². The molecule has 0 aromatic heterocycles. The van der Waals surface area contributed by atoms with Crippen LogP contribution in [0, 0.1) is 5.82 Å². The van der Waals surface area contributed by atoms with Gasteiger partial charge in [0.15, 0.2) is 0 Å². The minimum absolute atomic E-state index is 0. The summed E-state index contributed by atoms with van der Waals surface area (Å²) in [7, 11) is 0. The number of nitrogens with zero attached hydrogens (tertiary/aromatic N) is 1. The molecule has 1 heterocycles. The second kappa shape index (κ2) is 6.36. The molecule has 0 aliphatic carbocycles. The van der Waals surface area contributed by atoms with E-state index in [2.05, 4.69) is 5.32 Å². The molecule has 3 nitrogen and oxygen atoms in total. The fraction of sp³-hybridized carbons (Fsp3) is 0.417. The first-order valence-electron chi connectivity index (χ1n) is 5.56. The van der Waals surface area contributed by atoms with Crippen molar-refractivity contribution in [2.24, 2.45) is 0 Å². The molecular weight excluding hydrogens is 278 g/mol. The minimum atomic E-state index is -0.503. The summed E-state index contributed by atoms with van der Waals surface area (Å²) in [5.41, 5.74) is 0.435. The number of carbonyl (C=O) groups excluding carboxylic acids is 1. The second-order valence-electron chi connectivity index (χ2n) is 4.18. The van der Waals surface area contributed by atoms with Gasteiger partial charge >= 0.3 is 0 Å². The number of halogens is 3. The standard InChI is InChI=1S/C12H14ClFN2O.ClH/c1-8-7-15-4-5-16(8)12(17)9-2-3-11(14)10(13)6-9;/h2-3,6,8,15H,4-5,7H2,1H3;1H/t8-;/m1./s1. The summed E-state index contributed by atoms with van der Waals surface area (Å²) in [6.07, 6.45) is 0. The molecule has 1 aromatic rings. The summed E-state index contributed by atoms with van der Waals surface area (Å²) in [5.74, 6) is -0.600. The van der Waals surface area contributed by atoms with Gasteiger partial charge in [0.05, 0.1) is 5.02 Å². The van der Waals surface area contributed by atoms with Crippen LogP contribution in [0.4, 0.5) is 4.39 Å². The van der Waals surface area contributed by atoms with Gasteiger partial charge in [0.25, 0.3) is 5.91 Å². The predicted molar refractivity (Wildman–Crippen MR) is 72.0 cm³/mol. The van der Waals surface area contributed by atoms with E-state index in [4.69, 9.17) is 11.6 Å². The van der Waals surface area contributed by atoms with Gasteiger partial charge in [-0.25, -0.2) is 4.39 Å². The molecule has 1 saturated heterocycles. The summed E-state index contributed by atoms with van der Waals surface area (Å²) in [4.78, 5) is 14.0. The van der Waals surface area contributed by atoms with Crippen LogP contribution in [0.3, 0.4) is 0 Å². The summed E-state index contributed by atoms with van der Waals surface area (Å²) in [6.45, 7) is 4.20. The zero-order valence-electron chi connectivity index (χ0n) is 9.95. The SMILES string of the molecule is C[C@@H]1CNCCN1C(=O)c1ccc(F)c(Cl)c1.Cl. The van der Waals surface area contributed by atoms with Crippen molar-refractivity contribution in [3.05, 3.63) is 34.6 Å². The van der Waals surface area contributed by atoms with Crippen LogP contribution in [-0.2, 0) is 0 Å². The summed E-state index contributed by atoms with van der Waals surface area (Å²) in [6, 6.07) is 4.22. The lowest BCUT2D eigenvalue weighted by Gasteiger charge is -2.34. The van der Waals surface area contributed by atoms with E-state index in [1.807, 2.05) is 6.92 Å². The van der Waals surface area contributed by atoms with Crippen molar-refractivity contribution in [3.63, 3.8) is 0 Å². The molecule has 1 amide bonds. The van der Waals surface area contributed by atoms with E-state index in [0.717, 1.165) is 13.1 Å². The maximum Gasteiger partial charge on any atom is 0.254 e. The molecule has 0 bridgehead atoms. The first kappa shape index (κ1) is 15.2. The Hall–Kier alpha value is -0.840. The zero-order chi connectivity index (χ0) is 12.4. The lowest BCUT2D eigenvalue weighted by Crippen LogP contribution is -2.52. The van der Waals surface area contributed by atoms with Crippen molar-refractivity contribution in [3.8, 4) is 0 Å². The van der Waals surface area contributed by atoms with Crippen molar-refractivity contribution in [1.29, 1.82) is 0 Å². The third-order valence-corrected chi connectivity index (χ3v) is 3.22. The average molecular weight is 293 g/mol. The third kappa shape index (κ3) is 3.13. The number of piperazine rings is 1. The molecule has 1 fully saturated rings. The minimum Gasteiger partial charge on any atom is -0.333 e. The van der Waals surface area contributed by atoms with Gasteiger partial charge in [-0.1, -0.05) is 11.6 Å². The van der Waals surface area contributed by atoms with Crippen molar-refractivity contribution in [1.82, 2.24) is 10.2 Å². The molecule has 1 aromatic carbocycles. The highest BCUT2D eigenvalue weighted by molar-refractivity contribution is 6.31. The van der Waals surface area contributed by atoms with Gasteiger partial charge in [-0.3, -0.25) is 4.79 Å². The van der Waals surface area contributed by atoms with E-state index in [9.17, 15) is 9.18 Å². The predicted octanol–water partition coefficient (Wildman–Crippen LogP) is 2.33. The number of rotatable bonds is 1. The van der Waals surface area contributed by atoms with Crippen molar-refractivity contribution in [2.45, 2.75) is 13.0 Å². The Morgan fingerprint density at radius 3 is 2.89 bits per heavy atom. The van der Waals surface area contributed by atoms with Gasteiger partial charge in [-0.2, -0.15) is 0 Å². The monoisotopic (exact) mass is 292 g/mol. The van der Waals surface area contributed by atoms with E-state index in [1.54, 1.807) is 4.90 Å². The van der Waals surface area contributed by atoms with Gasteiger partial charge in [-0.15, -0.1) is 12.4 Å². The molecule has 100 valence electrons. The van der Waals surface area contributed by atoms with Crippen molar-refractivity contribution in [2.75, 3.05) is 19.6 Å². The Morgan fingerprint density at radius 1 is 1.56 bits per heavy atom. The molecule has 1 atom stereocenters. The van der Waals surface area contributed by atoms with Crippen LogP contribution < -0.4 is 5.32 Å². The molecule has 2 rings (SSSR count). The first-order chi connectivity index (χ1) is 8.09. The third-order valence-electron chi connectivity index (χ3n) is 2.93. The number of nitrogens with one attached hydrogen (secondary N) is 1. The largest absolute Gasteiger partial charge is 0.333 e. The summed E-state index contributed by atoms with van der Waals surface area (Å²) >= 11 is 5.68. The molecule has 1 aliphatic heterocycles. The van der Waals surface area contributed by atoms with Gasteiger partial charge in [0.1, 0.15) is 5.82 Å². The Labute approximate surface area is 117 Å². The van der Waals surface area contributed by atoms with Crippen LogP contribution in [0.25, 0.3) is 0 Å². The van der Waals surface area contributed by atoms with Crippen molar-refractivity contribution < 1.29 is 9.18 Å². The molecule has 1 N–H and O–H groups in total. The maximum atomic E-state index is 13.0. The first-order valence-corrected chi connectivity index (χ1v) is 5.94. The highest BCUT2D eigenvalue weighted by Gasteiger charge is 2.24. The van der Waals surface area contributed by atoms with Gasteiger partial charge < -0.3 is 10.2 Å². The Balaban J connectivity index is 0.00000162. The molecule has 0 saturated carbocycles. The quantitative estimate of drug-likeness (QED) is 0.862. The van der Waals surface area contributed by atoms with E-state index in [0.29, 0.717) is 12.1 Å². The van der Waals surface area contributed by atoms with Gasteiger partial charge in [0.2, 0.25) is 0 Å². The molecule has 0 spiro atoms. The summed E-state index contributed by atoms with van der Waals surface area (Å²) in [5, 5.41) is 3.20. The molecule has 0 unspecified atom stereocenters. The number of carbonyl (C=O) groups is 1. The van der Waals surface area contributed by atoms with Crippen LogP contribution in [0.2, 0.25) is 5.02 Å². The number of amides is 1. The Bertz CT molecular complexity index is 442. The highest BCUT2D eigenvalue weighted by Crippen LogP contribution is 2.18. The van der Waals surface area contributed by atoms with Crippen LogP contribution in [0.5, 0.6) is 0 Å². The van der Waals surface area contributed by atoms with Crippen molar-refractivity contribution >= 4 is 29.9 Å². The van der Waals surface area contributed by atoms with E-state index < -0.39 is 5.82 Å². The smallest absolute Gasteiger partial charge is 0.254 e. The Kier molecular flexibility index (Phi) is 5.38. The fourth-order valence-corrected chi connectivity index (χ4v) is 2.12. The topological polar surface area (TPSA) is 32.3 Å². The molecule has 1 aliphatic rings. The average Bonchev–Trinajstić information content (AvgIpc) is 2.32. The van der Waals surface area contributed by atoms with E-state index >= 15 is 0 Å². The maximum absolute atomic E-state index is 13.0. The van der Waals surface area contributed by atoms with E-state index in [-0.39, 0.29) is 29.4 Å². The van der Waals surface area contributed by atoms with Gasteiger partial charge in [0, 0.05) is 31.2 Å².